The molecule has 2 aromatic heterocycles. The number of rotatable bonds is 5. The highest BCUT2D eigenvalue weighted by molar-refractivity contribution is 7.37. The van der Waals surface area contributed by atoms with Gasteiger partial charge in [0.1, 0.15) is 0 Å². The van der Waals surface area contributed by atoms with Crippen molar-refractivity contribution in [3.8, 4) is 11.3 Å². The molecule has 0 radical (unpaired) electrons. The van der Waals surface area contributed by atoms with Crippen molar-refractivity contribution in [3.05, 3.63) is 118 Å². The van der Waals surface area contributed by atoms with Crippen LogP contribution in [0.4, 0.5) is 0 Å². The average Bonchev–Trinajstić information content (AvgIpc) is 3.36. The van der Waals surface area contributed by atoms with E-state index in [1.807, 2.05) is 0 Å². The smallest absolute Gasteiger partial charge is 0.164 e. The first kappa shape index (κ1) is 33.9. The third-order valence-corrected chi connectivity index (χ3v) is 19.2. The van der Waals surface area contributed by atoms with Crippen molar-refractivity contribution in [1.82, 2.24) is 4.98 Å². The number of hydrogen-bond acceptors (Lipinski definition) is 2. The first-order valence-corrected chi connectivity index (χ1v) is 21.2. The van der Waals surface area contributed by atoms with E-state index in [-0.39, 0.29) is 5.41 Å². The first-order chi connectivity index (χ1) is 23.2. The van der Waals surface area contributed by atoms with Gasteiger partial charge in [0, 0.05) is 16.3 Å². The van der Waals surface area contributed by atoms with Crippen molar-refractivity contribution in [2.45, 2.75) is 106 Å². The molecular weight excluding hydrogens is 627 g/mol. The van der Waals surface area contributed by atoms with Crippen LogP contribution in [-0.4, -0.2) is 13.1 Å². The highest BCUT2D eigenvalue weighted by atomic mass is 32.1. The number of aryl methyl sites for hydroxylation is 5. The van der Waals surface area contributed by atoms with Crippen LogP contribution in [-0.2, 0) is 5.41 Å². The summed E-state index contributed by atoms with van der Waals surface area (Å²) in [5.74, 6) is 0. The van der Waals surface area contributed by atoms with Crippen molar-refractivity contribution in [1.29, 1.82) is 0 Å². The van der Waals surface area contributed by atoms with Crippen LogP contribution >= 0.6 is 11.3 Å². The number of hydrogen-bond donors (Lipinski definition) is 0. The number of thiophene rings is 1. The SMILES string of the molecule is Cc1cc(C)cc([Si](c2cc(C)cc(C)c2)(c2sc3c(-c4cc(C(C)(C)C)c5ccccc5c4)nccc3c2C)C2CCC(C)(C)CC2)c1. The molecule has 0 amide bonds. The van der Waals surface area contributed by atoms with Crippen LogP contribution < -0.4 is 14.9 Å². The minimum absolute atomic E-state index is 0.0168. The molecule has 49 heavy (non-hydrogen) atoms. The molecule has 0 atom stereocenters. The Bertz CT molecular complexity index is 2110. The third kappa shape index (κ3) is 6.01. The molecular formula is C46H53NSSi. The highest BCUT2D eigenvalue weighted by Crippen LogP contribution is 2.47. The van der Waals surface area contributed by atoms with E-state index in [1.165, 1.54) is 85.5 Å². The molecule has 1 nitrogen and oxygen atoms in total. The van der Waals surface area contributed by atoms with E-state index in [9.17, 15) is 0 Å². The summed E-state index contributed by atoms with van der Waals surface area (Å²) in [5, 5.41) is 7.17. The molecule has 252 valence electrons. The van der Waals surface area contributed by atoms with Crippen molar-refractivity contribution in [3.63, 3.8) is 0 Å². The monoisotopic (exact) mass is 679 g/mol. The van der Waals surface area contributed by atoms with Gasteiger partial charge in [-0.25, -0.2) is 0 Å². The summed E-state index contributed by atoms with van der Waals surface area (Å²) in [4.78, 5) is 5.20. The largest absolute Gasteiger partial charge is 0.255 e. The van der Waals surface area contributed by atoms with Gasteiger partial charge in [0.2, 0.25) is 0 Å². The molecule has 1 fully saturated rings. The summed E-state index contributed by atoms with van der Waals surface area (Å²) in [6.07, 6.45) is 7.18. The standard InChI is InChI=1S/C46H53NSSi/c1-29-21-30(2)24-37(23-29)49(36-15-18-46(9,10)19-16-36,38-25-31(3)22-32(4)26-38)44-33(5)39-17-20-47-42(43(39)48-44)35-27-34-13-11-12-14-40(34)41(28-35)45(6,7)8/h11-14,17,20-28,36H,15-16,18-19H2,1-10H3. The number of aromatic nitrogens is 1. The van der Waals surface area contributed by atoms with Gasteiger partial charge < -0.3 is 0 Å². The minimum atomic E-state index is -2.56. The fourth-order valence-corrected chi connectivity index (χ4v) is 18.2. The molecule has 0 spiro atoms. The van der Waals surface area contributed by atoms with E-state index in [0.717, 1.165) is 5.69 Å². The zero-order chi connectivity index (χ0) is 34.9. The summed E-state index contributed by atoms with van der Waals surface area (Å²) in [6, 6.07) is 31.0. The Kier molecular flexibility index (Phi) is 8.56. The van der Waals surface area contributed by atoms with E-state index in [4.69, 9.17) is 4.98 Å². The molecule has 0 bridgehead atoms. The molecule has 0 N–H and O–H groups in total. The van der Waals surface area contributed by atoms with Gasteiger partial charge in [0.25, 0.3) is 0 Å². The third-order valence-electron chi connectivity index (χ3n) is 11.5. The van der Waals surface area contributed by atoms with Crippen LogP contribution in [0.25, 0.3) is 32.1 Å². The first-order valence-electron chi connectivity index (χ1n) is 18.3. The summed E-state index contributed by atoms with van der Waals surface area (Å²) in [5.41, 5.74) is 11.7. The van der Waals surface area contributed by atoms with Crippen molar-refractivity contribution in [2.75, 3.05) is 0 Å². The molecule has 6 aromatic rings. The van der Waals surface area contributed by atoms with Crippen molar-refractivity contribution < 1.29 is 0 Å². The van der Waals surface area contributed by atoms with Crippen molar-refractivity contribution in [2.24, 2.45) is 5.41 Å². The second kappa shape index (κ2) is 12.4. The van der Waals surface area contributed by atoms with E-state index in [1.54, 1.807) is 14.9 Å². The molecule has 1 aliphatic rings. The molecule has 0 unspecified atom stereocenters. The van der Waals surface area contributed by atoms with E-state index in [0.29, 0.717) is 11.0 Å². The second-order valence-electron chi connectivity index (χ2n) is 17.1. The molecule has 1 aliphatic carbocycles. The predicted octanol–water partition coefficient (Wildman–Crippen LogP) is 11.4. The molecule has 0 saturated heterocycles. The maximum atomic E-state index is 5.20. The fourth-order valence-electron chi connectivity index (χ4n) is 9.12. The Morgan fingerprint density at radius 1 is 0.714 bits per heavy atom. The van der Waals surface area contributed by atoms with E-state index in [2.05, 4.69) is 166 Å². The minimum Gasteiger partial charge on any atom is -0.255 e. The second-order valence-corrected chi connectivity index (χ2v) is 22.6. The van der Waals surface area contributed by atoms with Crippen LogP contribution in [0.5, 0.6) is 0 Å². The lowest BCUT2D eigenvalue weighted by Crippen LogP contribution is -2.70. The predicted molar refractivity (Wildman–Crippen MR) is 218 cm³/mol. The Labute approximate surface area is 299 Å². The van der Waals surface area contributed by atoms with Crippen LogP contribution in [0.1, 0.15) is 93.7 Å². The van der Waals surface area contributed by atoms with Crippen LogP contribution in [0, 0.1) is 40.0 Å². The van der Waals surface area contributed by atoms with E-state index < -0.39 is 8.07 Å². The maximum Gasteiger partial charge on any atom is 0.164 e. The average molecular weight is 680 g/mol. The molecule has 0 aliphatic heterocycles. The summed E-state index contributed by atoms with van der Waals surface area (Å²) >= 11 is 2.08. The molecule has 3 heteroatoms. The summed E-state index contributed by atoms with van der Waals surface area (Å²) in [6.45, 7) is 23.6. The van der Waals surface area contributed by atoms with Gasteiger partial charge in [-0.05, 0) is 120 Å². The van der Waals surface area contributed by atoms with Crippen LogP contribution in [0.15, 0.2) is 85.1 Å². The Hall–Kier alpha value is -3.53. The zero-order valence-electron chi connectivity index (χ0n) is 31.3. The lowest BCUT2D eigenvalue weighted by Gasteiger charge is -2.46. The van der Waals surface area contributed by atoms with Crippen LogP contribution in [0.2, 0.25) is 5.54 Å². The van der Waals surface area contributed by atoms with Gasteiger partial charge in [0.15, 0.2) is 8.07 Å². The summed E-state index contributed by atoms with van der Waals surface area (Å²) < 4.78 is 2.97. The number of fused-ring (bicyclic) bond motifs is 2. The van der Waals surface area contributed by atoms with Crippen molar-refractivity contribution >= 4 is 55.1 Å². The Balaban J connectivity index is 1.57. The van der Waals surface area contributed by atoms with Gasteiger partial charge in [-0.2, -0.15) is 0 Å². The molecule has 1 saturated carbocycles. The normalized spacial score (nSPS) is 15.7. The number of nitrogens with zero attached hydrogens (tertiary/aromatic N) is 1. The van der Waals surface area contributed by atoms with Gasteiger partial charge in [0.05, 0.1) is 10.4 Å². The Morgan fingerprint density at radius 2 is 1.29 bits per heavy atom. The van der Waals surface area contributed by atoms with Gasteiger partial charge >= 0.3 is 0 Å². The number of benzene rings is 4. The number of pyridine rings is 1. The highest BCUT2D eigenvalue weighted by Gasteiger charge is 2.50. The summed E-state index contributed by atoms with van der Waals surface area (Å²) in [7, 11) is -2.56. The van der Waals surface area contributed by atoms with E-state index >= 15 is 0 Å². The lowest BCUT2D eigenvalue weighted by molar-refractivity contribution is 0.243. The van der Waals surface area contributed by atoms with Gasteiger partial charge in [-0.15, -0.1) is 11.3 Å². The molecule has 2 heterocycles. The topological polar surface area (TPSA) is 12.9 Å². The van der Waals surface area contributed by atoms with Gasteiger partial charge in [-0.3, -0.25) is 4.98 Å². The lowest BCUT2D eigenvalue weighted by atomic mass is 9.77. The maximum absolute atomic E-state index is 5.20. The Morgan fingerprint density at radius 3 is 1.86 bits per heavy atom. The van der Waals surface area contributed by atoms with Gasteiger partial charge in [-0.1, -0.05) is 130 Å². The quantitative estimate of drug-likeness (QED) is 0.165. The molecule has 4 aromatic carbocycles. The zero-order valence-corrected chi connectivity index (χ0v) is 33.2. The van der Waals surface area contributed by atoms with Crippen LogP contribution in [0.3, 0.4) is 0 Å². The fraction of sp³-hybridized carbons (Fsp3) is 0.370. The molecule has 7 rings (SSSR count).